The van der Waals surface area contributed by atoms with Gasteiger partial charge in [0.25, 0.3) is 11.8 Å². The number of amides is 3. The van der Waals surface area contributed by atoms with Gasteiger partial charge >= 0.3 is 0 Å². The van der Waals surface area contributed by atoms with E-state index in [1.54, 1.807) is 26.0 Å². The Balaban J connectivity index is 1.45. The summed E-state index contributed by atoms with van der Waals surface area (Å²) in [6, 6.07) is 5.44. The van der Waals surface area contributed by atoms with E-state index in [0.717, 1.165) is 31.9 Å². The van der Waals surface area contributed by atoms with E-state index < -0.39 is 30.1 Å². The Morgan fingerprint density at radius 3 is 2.26 bits per heavy atom. The summed E-state index contributed by atoms with van der Waals surface area (Å²) in [6.45, 7) is 11.3. The number of piperazine rings is 1. The monoisotopic (exact) mass is 527 g/mol. The molecule has 3 aliphatic rings. The van der Waals surface area contributed by atoms with Crippen molar-refractivity contribution in [3.63, 3.8) is 0 Å². The highest BCUT2D eigenvalue weighted by atomic mass is 16.3. The van der Waals surface area contributed by atoms with Gasteiger partial charge in [0.15, 0.2) is 5.78 Å². The molecule has 0 spiro atoms. The van der Waals surface area contributed by atoms with E-state index >= 15 is 0 Å². The van der Waals surface area contributed by atoms with Crippen LogP contribution < -0.4 is 15.5 Å². The van der Waals surface area contributed by atoms with Gasteiger partial charge in [0, 0.05) is 44.0 Å². The zero-order chi connectivity index (χ0) is 27.6. The third-order valence-electron chi connectivity index (χ3n) is 7.80. The minimum absolute atomic E-state index is 0.109. The Morgan fingerprint density at radius 2 is 1.66 bits per heavy atom. The van der Waals surface area contributed by atoms with Gasteiger partial charge in [-0.3, -0.25) is 19.2 Å². The standard InChI is InChI=1S/C28H41N5O5/c1-17(2)15-21(30-26(36)19-5-7-20(8-6-19)31-13-10-29-11-14-31)27(37)32-12-9-22-24(32)23(34)16-33(22)28(38)25(35)18(3)4/h5-8,17-18,21-22,24-25,29,35H,9-16H2,1-4H3,(H,30,36). The van der Waals surface area contributed by atoms with E-state index in [4.69, 9.17) is 0 Å². The molecular formula is C28H41N5O5. The minimum atomic E-state index is -1.18. The van der Waals surface area contributed by atoms with Gasteiger partial charge < -0.3 is 30.4 Å². The summed E-state index contributed by atoms with van der Waals surface area (Å²) in [4.78, 5) is 57.9. The molecule has 3 saturated heterocycles. The first kappa shape index (κ1) is 28.0. The maximum atomic E-state index is 13.7. The molecule has 3 fully saturated rings. The van der Waals surface area contributed by atoms with Gasteiger partial charge in [-0.25, -0.2) is 0 Å². The van der Waals surface area contributed by atoms with E-state index in [1.807, 2.05) is 26.0 Å². The average Bonchev–Trinajstić information content (AvgIpc) is 3.48. The van der Waals surface area contributed by atoms with Crippen LogP contribution in [0, 0.1) is 11.8 Å². The van der Waals surface area contributed by atoms with Crippen molar-refractivity contribution in [2.24, 2.45) is 11.8 Å². The van der Waals surface area contributed by atoms with E-state index in [9.17, 15) is 24.3 Å². The first-order valence-electron chi connectivity index (χ1n) is 13.8. The normalized spacial score (nSPS) is 23.1. The van der Waals surface area contributed by atoms with E-state index in [-0.39, 0.29) is 36.0 Å². The summed E-state index contributed by atoms with van der Waals surface area (Å²) in [6.07, 6.45) is -0.286. The van der Waals surface area contributed by atoms with Gasteiger partial charge in [0.2, 0.25) is 5.91 Å². The van der Waals surface area contributed by atoms with Crippen molar-refractivity contribution in [3.8, 4) is 0 Å². The number of carbonyl (C=O) groups excluding carboxylic acids is 4. The maximum Gasteiger partial charge on any atom is 0.252 e. The smallest absolute Gasteiger partial charge is 0.252 e. The van der Waals surface area contributed by atoms with Crippen molar-refractivity contribution in [2.75, 3.05) is 44.2 Å². The van der Waals surface area contributed by atoms with E-state index in [2.05, 4.69) is 15.5 Å². The van der Waals surface area contributed by atoms with Crippen molar-refractivity contribution in [2.45, 2.75) is 64.8 Å². The number of aliphatic hydroxyl groups is 1. The maximum absolute atomic E-state index is 13.7. The Kier molecular flexibility index (Phi) is 8.72. The van der Waals surface area contributed by atoms with Crippen LogP contribution in [0.1, 0.15) is 50.9 Å². The topological polar surface area (TPSA) is 122 Å². The Bertz CT molecular complexity index is 1040. The molecule has 0 aliphatic carbocycles. The second-order valence-electron chi connectivity index (χ2n) is 11.4. The lowest BCUT2D eigenvalue weighted by Crippen LogP contribution is -2.53. The van der Waals surface area contributed by atoms with Crippen molar-refractivity contribution in [3.05, 3.63) is 29.8 Å². The highest BCUT2D eigenvalue weighted by Gasteiger charge is 2.53. The first-order chi connectivity index (χ1) is 18.1. The van der Waals surface area contributed by atoms with Gasteiger partial charge in [-0.1, -0.05) is 27.7 Å². The van der Waals surface area contributed by atoms with Gasteiger partial charge in [0.1, 0.15) is 18.2 Å². The van der Waals surface area contributed by atoms with Crippen LogP contribution in [-0.4, -0.2) is 102 Å². The SMILES string of the molecule is CC(C)CC(NC(=O)c1ccc(N2CCNCC2)cc1)C(=O)N1CCC2C1C(=O)CN2C(=O)C(O)C(C)C. The van der Waals surface area contributed by atoms with Gasteiger partial charge in [-0.05, 0) is 48.9 Å². The van der Waals surface area contributed by atoms with Gasteiger partial charge in [-0.15, -0.1) is 0 Å². The molecular weight excluding hydrogens is 486 g/mol. The summed E-state index contributed by atoms with van der Waals surface area (Å²) in [7, 11) is 0. The van der Waals surface area contributed by atoms with Crippen LogP contribution in [0.4, 0.5) is 5.69 Å². The van der Waals surface area contributed by atoms with E-state index in [0.29, 0.717) is 24.9 Å². The molecule has 0 saturated carbocycles. The fraction of sp³-hybridized carbons (Fsp3) is 0.643. The van der Waals surface area contributed by atoms with Crippen molar-refractivity contribution < 1.29 is 24.3 Å². The molecule has 10 nitrogen and oxygen atoms in total. The van der Waals surface area contributed by atoms with Crippen LogP contribution >= 0.6 is 0 Å². The molecule has 4 atom stereocenters. The number of carbonyl (C=O) groups is 4. The van der Waals surface area contributed by atoms with Gasteiger partial charge in [0.05, 0.1) is 12.6 Å². The number of anilines is 1. The summed E-state index contributed by atoms with van der Waals surface area (Å²) < 4.78 is 0. The number of benzene rings is 1. The van der Waals surface area contributed by atoms with Crippen molar-refractivity contribution in [1.29, 1.82) is 0 Å². The quantitative estimate of drug-likeness (QED) is 0.454. The molecule has 1 aromatic rings. The lowest BCUT2D eigenvalue weighted by atomic mass is 10.0. The fourth-order valence-corrected chi connectivity index (χ4v) is 5.69. The number of aliphatic hydroxyl groups excluding tert-OH is 1. The predicted molar refractivity (Wildman–Crippen MR) is 144 cm³/mol. The highest BCUT2D eigenvalue weighted by molar-refractivity contribution is 6.01. The van der Waals surface area contributed by atoms with Crippen LogP contribution in [0.2, 0.25) is 0 Å². The van der Waals surface area contributed by atoms with Crippen molar-refractivity contribution in [1.82, 2.24) is 20.4 Å². The Morgan fingerprint density at radius 1 is 1.00 bits per heavy atom. The number of rotatable bonds is 8. The number of ketones is 1. The third-order valence-corrected chi connectivity index (χ3v) is 7.80. The summed E-state index contributed by atoms with van der Waals surface area (Å²) in [5.41, 5.74) is 1.53. The molecule has 38 heavy (non-hydrogen) atoms. The molecule has 0 radical (unpaired) electrons. The molecule has 10 heteroatoms. The number of fused-ring (bicyclic) bond motifs is 1. The zero-order valence-corrected chi connectivity index (χ0v) is 22.9. The van der Waals surface area contributed by atoms with E-state index in [1.165, 1.54) is 9.80 Å². The molecule has 3 amide bonds. The number of Topliss-reactive ketones (excluding diaryl/α,β-unsaturated/α-hetero) is 1. The lowest BCUT2D eigenvalue weighted by molar-refractivity contribution is -0.144. The fourth-order valence-electron chi connectivity index (χ4n) is 5.69. The number of nitrogens with zero attached hydrogens (tertiary/aromatic N) is 3. The first-order valence-corrected chi connectivity index (χ1v) is 13.8. The highest BCUT2D eigenvalue weighted by Crippen LogP contribution is 2.31. The molecule has 3 heterocycles. The van der Waals surface area contributed by atoms with Crippen molar-refractivity contribution >= 4 is 29.2 Å². The van der Waals surface area contributed by atoms with Gasteiger partial charge in [-0.2, -0.15) is 0 Å². The zero-order valence-electron chi connectivity index (χ0n) is 22.9. The Hall–Kier alpha value is -2.98. The predicted octanol–water partition coefficient (Wildman–Crippen LogP) is 0.638. The summed E-state index contributed by atoms with van der Waals surface area (Å²) >= 11 is 0. The summed E-state index contributed by atoms with van der Waals surface area (Å²) in [5.74, 6) is -1.44. The van der Waals surface area contributed by atoms with Crippen LogP contribution in [0.25, 0.3) is 0 Å². The molecule has 4 rings (SSSR count). The molecule has 1 aromatic carbocycles. The second kappa shape index (κ2) is 11.8. The number of hydrogen-bond donors (Lipinski definition) is 3. The largest absolute Gasteiger partial charge is 0.383 e. The molecule has 4 unspecified atom stereocenters. The molecule has 3 aliphatic heterocycles. The second-order valence-corrected chi connectivity index (χ2v) is 11.4. The lowest BCUT2D eigenvalue weighted by Gasteiger charge is -2.30. The van der Waals surface area contributed by atoms with Crippen LogP contribution in [0.15, 0.2) is 24.3 Å². The number of likely N-dealkylation sites (tertiary alicyclic amines) is 2. The van der Waals surface area contributed by atoms with Crippen LogP contribution in [-0.2, 0) is 14.4 Å². The molecule has 208 valence electrons. The summed E-state index contributed by atoms with van der Waals surface area (Å²) in [5, 5.41) is 16.5. The molecule has 0 bridgehead atoms. The number of hydrogen-bond acceptors (Lipinski definition) is 7. The van der Waals surface area contributed by atoms with Crippen LogP contribution in [0.5, 0.6) is 0 Å². The molecule has 0 aromatic heterocycles. The Labute approximate surface area is 224 Å². The van der Waals surface area contributed by atoms with Crippen LogP contribution in [0.3, 0.4) is 0 Å². The molecule has 3 N–H and O–H groups in total. The minimum Gasteiger partial charge on any atom is -0.383 e. The number of nitrogens with one attached hydrogen (secondary N) is 2. The average molecular weight is 528 g/mol. The third kappa shape index (κ3) is 5.86.